The summed E-state index contributed by atoms with van der Waals surface area (Å²) < 4.78 is 40.7. The molecular formula is C21H17ClF3N5O2. The molecule has 1 aliphatic heterocycles. The van der Waals surface area contributed by atoms with E-state index in [1.54, 1.807) is 12.1 Å². The molecule has 1 aromatic carbocycles. The molecule has 7 nitrogen and oxygen atoms in total. The number of β-lactam (4-membered cyclic amide) rings is 1. The topological polar surface area (TPSA) is 78.4 Å². The van der Waals surface area contributed by atoms with Crippen molar-refractivity contribution in [3.05, 3.63) is 65.5 Å². The van der Waals surface area contributed by atoms with E-state index in [0.29, 0.717) is 5.56 Å². The minimum Gasteiger partial charge on any atom is -0.378 e. The lowest BCUT2D eigenvalue weighted by Gasteiger charge is -2.44. The lowest BCUT2D eigenvalue weighted by Crippen LogP contribution is -2.63. The number of rotatable bonds is 4. The number of hydrogen-bond acceptors (Lipinski definition) is 5. The first-order valence-electron chi connectivity index (χ1n) is 9.46. The predicted molar refractivity (Wildman–Crippen MR) is 112 cm³/mol. The lowest BCUT2D eigenvalue weighted by atomic mass is 9.95. The average Bonchev–Trinajstić information content (AvgIpc) is 2.77. The number of hydrazine groups is 1. The van der Waals surface area contributed by atoms with Gasteiger partial charge in [0, 0.05) is 31.4 Å². The second-order valence-electron chi connectivity index (χ2n) is 7.41. The Hall–Kier alpha value is -3.40. The Balaban J connectivity index is 1.65. The normalized spacial score (nSPS) is 18.4. The van der Waals surface area contributed by atoms with Gasteiger partial charge in [-0.1, -0.05) is 12.1 Å². The molecule has 1 N–H and O–H groups in total. The van der Waals surface area contributed by atoms with Gasteiger partial charge in [-0.3, -0.25) is 15.0 Å². The quantitative estimate of drug-likeness (QED) is 0.473. The SMILES string of the molecule is CN(C)c1ccc(C2C(Cl)C(=O)N2NC(=O)c2cc3cccnc3nc2C(F)(F)F)cc1. The van der Waals surface area contributed by atoms with Crippen LogP contribution in [0.4, 0.5) is 18.9 Å². The summed E-state index contributed by atoms with van der Waals surface area (Å²) >= 11 is 6.15. The number of fused-ring (bicyclic) bond motifs is 1. The molecular weight excluding hydrogens is 447 g/mol. The minimum absolute atomic E-state index is 0.143. The monoisotopic (exact) mass is 463 g/mol. The molecule has 3 aromatic rings. The predicted octanol–water partition coefficient (Wildman–Crippen LogP) is 3.55. The van der Waals surface area contributed by atoms with Crippen molar-refractivity contribution >= 4 is 40.1 Å². The van der Waals surface area contributed by atoms with Gasteiger partial charge in [0.1, 0.15) is 11.4 Å². The molecule has 1 fully saturated rings. The number of aromatic nitrogens is 2. The first kappa shape index (κ1) is 21.8. The van der Waals surface area contributed by atoms with E-state index in [-0.39, 0.29) is 11.0 Å². The van der Waals surface area contributed by atoms with Crippen LogP contribution < -0.4 is 10.3 Å². The number of anilines is 1. The van der Waals surface area contributed by atoms with Crippen molar-refractivity contribution in [3.8, 4) is 0 Å². The van der Waals surface area contributed by atoms with E-state index in [9.17, 15) is 22.8 Å². The third-order valence-electron chi connectivity index (χ3n) is 5.10. The summed E-state index contributed by atoms with van der Waals surface area (Å²) in [4.78, 5) is 34.3. The molecule has 2 unspecified atom stereocenters. The van der Waals surface area contributed by atoms with Crippen LogP contribution in [-0.2, 0) is 11.0 Å². The molecule has 2 amide bonds. The average molecular weight is 464 g/mol. The van der Waals surface area contributed by atoms with Crippen molar-refractivity contribution in [1.82, 2.24) is 20.4 Å². The van der Waals surface area contributed by atoms with Gasteiger partial charge in [0.05, 0.1) is 5.56 Å². The summed E-state index contributed by atoms with van der Waals surface area (Å²) in [6.45, 7) is 0. The van der Waals surface area contributed by atoms with Crippen molar-refractivity contribution in [2.24, 2.45) is 0 Å². The second kappa shape index (κ2) is 7.94. The van der Waals surface area contributed by atoms with E-state index < -0.39 is 40.7 Å². The highest BCUT2D eigenvalue weighted by Gasteiger charge is 2.49. The number of carbonyl (C=O) groups excluding carboxylic acids is 2. The van der Waals surface area contributed by atoms with Crippen molar-refractivity contribution < 1.29 is 22.8 Å². The van der Waals surface area contributed by atoms with Gasteiger partial charge in [-0.2, -0.15) is 13.2 Å². The zero-order chi connectivity index (χ0) is 23.2. The van der Waals surface area contributed by atoms with Gasteiger partial charge in [-0.05, 0) is 35.9 Å². The number of halogens is 4. The maximum absolute atomic E-state index is 13.6. The van der Waals surface area contributed by atoms with Crippen LogP contribution in [0.25, 0.3) is 11.0 Å². The summed E-state index contributed by atoms with van der Waals surface area (Å²) in [6.07, 6.45) is -3.59. The Morgan fingerprint density at radius 1 is 1.19 bits per heavy atom. The molecule has 0 spiro atoms. The summed E-state index contributed by atoms with van der Waals surface area (Å²) in [5, 5.41) is 0.242. The van der Waals surface area contributed by atoms with Gasteiger partial charge >= 0.3 is 6.18 Å². The van der Waals surface area contributed by atoms with Gasteiger partial charge in [-0.15, -0.1) is 11.6 Å². The van der Waals surface area contributed by atoms with Gasteiger partial charge in [0.2, 0.25) is 0 Å². The molecule has 2 atom stereocenters. The number of amides is 2. The van der Waals surface area contributed by atoms with E-state index in [1.807, 2.05) is 31.1 Å². The van der Waals surface area contributed by atoms with Crippen LogP contribution in [0.1, 0.15) is 27.7 Å². The molecule has 11 heteroatoms. The first-order chi connectivity index (χ1) is 15.1. The van der Waals surface area contributed by atoms with Crippen molar-refractivity contribution in [3.63, 3.8) is 0 Å². The molecule has 3 heterocycles. The first-order valence-corrected chi connectivity index (χ1v) is 9.90. The van der Waals surface area contributed by atoms with E-state index in [0.717, 1.165) is 16.8 Å². The van der Waals surface area contributed by atoms with E-state index in [2.05, 4.69) is 15.4 Å². The zero-order valence-electron chi connectivity index (χ0n) is 16.9. The van der Waals surface area contributed by atoms with Crippen LogP contribution in [-0.4, -0.2) is 46.3 Å². The molecule has 1 aliphatic rings. The molecule has 4 rings (SSSR count). The fourth-order valence-corrected chi connectivity index (χ4v) is 3.79. The highest BCUT2D eigenvalue weighted by atomic mass is 35.5. The van der Waals surface area contributed by atoms with Crippen LogP contribution >= 0.6 is 11.6 Å². The fourth-order valence-electron chi connectivity index (χ4n) is 3.43. The van der Waals surface area contributed by atoms with Crippen LogP contribution in [0.5, 0.6) is 0 Å². The maximum Gasteiger partial charge on any atom is 0.434 e. The molecule has 1 saturated heterocycles. The summed E-state index contributed by atoms with van der Waals surface area (Å²) in [6, 6.07) is 10.4. The summed E-state index contributed by atoms with van der Waals surface area (Å²) in [7, 11) is 3.73. The molecule has 32 heavy (non-hydrogen) atoms. The molecule has 0 saturated carbocycles. The largest absolute Gasteiger partial charge is 0.434 e. The van der Waals surface area contributed by atoms with E-state index >= 15 is 0 Å². The Morgan fingerprint density at radius 2 is 1.88 bits per heavy atom. The van der Waals surface area contributed by atoms with Crippen molar-refractivity contribution in [1.29, 1.82) is 0 Å². The zero-order valence-corrected chi connectivity index (χ0v) is 17.6. The number of carbonyl (C=O) groups is 2. The Morgan fingerprint density at radius 3 is 2.50 bits per heavy atom. The highest BCUT2D eigenvalue weighted by molar-refractivity contribution is 6.33. The van der Waals surface area contributed by atoms with Gasteiger partial charge in [-0.25, -0.2) is 15.0 Å². The van der Waals surface area contributed by atoms with E-state index in [4.69, 9.17) is 11.6 Å². The third kappa shape index (κ3) is 3.81. The second-order valence-corrected chi connectivity index (χ2v) is 7.88. The maximum atomic E-state index is 13.6. The number of hydrogen-bond donors (Lipinski definition) is 1. The molecule has 0 bridgehead atoms. The third-order valence-corrected chi connectivity index (χ3v) is 5.53. The highest BCUT2D eigenvalue weighted by Crippen LogP contribution is 2.38. The Bertz CT molecular complexity index is 1200. The van der Waals surface area contributed by atoms with Crippen molar-refractivity contribution in [2.75, 3.05) is 19.0 Å². The lowest BCUT2D eigenvalue weighted by molar-refractivity contribution is -0.149. The smallest absolute Gasteiger partial charge is 0.378 e. The van der Waals surface area contributed by atoms with Gasteiger partial charge in [0.15, 0.2) is 11.3 Å². The van der Waals surface area contributed by atoms with Crippen LogP contribution in [0.15, 0.2) is 48.7 Å². The molecule has 2 aromatic heterocycles. The standard InChI is InChI=1S/C21H17ClF3N5O2/c1-29(2)13-7-5-11(6-8-13)16-15(22)20(32)30(16)28-19(31)14-10-12-4-3-9-26-18(12)27-17(14)21(23,24)25/h3-10,15-16H,1-2H3,(H,28,31). The number of alkyl halides is 4. The summed E-state index contributed by atoms with van der Waals surface area (Å²) in [5.41, 5.74) is 1.56. The van der Waals surface area contributed by atoms with Crippen LogP contribution in [0.2, 0.25) is 0 Å². The number of benzene rings is 1. The number of nitrogens with one attached hydrogen (secondary N) is 1. The van der Waals surface area contributed by atoms with Gasteiger partial charge in [0.25, 0.3) is 11.8 Å². The molecule has 0 aliphatic carbocycles. The molecule has 166 valence electrons. The van der Waals surface area contributed by atoms with Crippen LogP contribution in [0.3, 0.4) is 0 Å². The van der Waals surface area contributed by atoms with Gasteiger partial charge < -0.3 is 4.90 Å². The summed E-state index contributed by atoms with van der Waals surface area (Å²) in [5.74, 6) is -1.74. The molecule has 0 radical (unpaired) electrons. The Labute approximate surface area is 185 Å². The Kier molecular flexibility index (Phi) is 5.41. The fraction of sp³-hybridized carbons (Fsp3) is 0.238. The van der Waals surface area contributed by atoms with Crippen molar-refractivity contribution in [2.45, 2.75) is 17.6 Å². The number of nitrogens with zero attached hydrogens (tertiary/aromatic N) is 4. The minimum atomic E-state index is -4.90. The van der Waals surface area contributed by atoms with Crippen LogP contribution in [0, 0.1) is 0 Å². The number of pyridine rings is 2. The van der Waals surface area contributed by atoms with E-state index in [1.165, 1.54) is 18.3 Å².